The molecule has 6 heteroatoms. The molecule has 28 heavy (non-hydrogen) atoms. The molecule has 2 amide bonds. The monoisotopic (exact) mass is 382 g/mol. The van der Waals surface area contributed by atoms with Crippen molar-refractivity contribution in [1.82, 2.24) is 10.6 Å². The smallest absolute Gasteiger partial charge is 0.308 e. The number of hydrogen-bond donors (Lipinski definition) is 3. The summed E-state index contributed by atoms with van der Waals surface area (Å²) >= 11 is 0. The zero-order valence-electron chi connectivity index (χ0n) is 16.1. The summed E-state index contributed by atoms with van der Waals surface area (Å²) in [5.41, 5.74) is 2.93. The topological polar surface area (TPSA) is 95.5 Å². The third kappa shape index (κ3) is 6.54. The van der Waals surface area contributed by atoms with E-state index in [1.807, 2.05) is 37.3 Å². The molecule has 0 fully saturated rings. The van der Waals surface area contributed by atoms with E-state index in [2.05, 4.69) is 10.6 Å². The Morgan fingerprint density at radius 3 is 2.21 bits per heavy atom. The number of amides is 2. The van der Waals surface area contributed by atoms with E-state index in [1.54, 1.807) is 31.2 Å². The lowest BCUT2D eigenvalue weighted by molar-refractivity contribution is -0.142. The molecular weight excluding hydrogens is 356 g/mol. The molecule has 2 atom stereocenters. The first-order valence-corrected chi connectivity index (χ1v) is 9.26. The molecule has 0 saturated heterocycles. The van der Waals surface area contributed by atoms with Crippen LogP contribution in [0.3, 0.4) is 0 Å². The predicted octanol–water partition coefficient (Wildman–Crippen LogP) is 2.62. The summed E-state index contributed by atoms with van der Waals surface area (Å²) in [7, 11) is 0. The largest absolute Gasteiger partial charge is 0.481 e. The Balaban J connectivity index is 1.85. The molecule has 0 aliphatic carbocycles. The third-order valence-corrected chi connectivity index (χ3v) is 4.57. The lowest BCUT2D eigenvalue weighted by Gasteiger charge is -2.23. The zero-order chi connectivity index (χ0) is 20.5. The van der Waals surface area contributed by atoms with Crippen molar-refractivity contribution in [2.75, 3.05) is 6.54 Å². The average Bonchev–Trinajstić information content (AvgIpc) is 2.70. The average molecular weight is 382 g/mol. The number of carbonyl (C=O) groups is 3. The second kappa shape index (κ2) is 10.3. The van der Waals surface area contributed by atoms with Gasteiger partial charge in [0.25, 0.3) is 0 Å². The van der Waals surface area contributed by atoms with Crippen LogP contribution < -0.4 is 10.6 Å². The van der Waals surface area contributed by atoms with Gasteiger partial charge in [0.15, 0.2) is 0 Å². The van der Waals surface area contributed by atoms with Crippen LogP contribution in [0.4, 0.5) is 0 Å². The normalized spacial score (nSPS) is 12.6. The number of carbonyl (C=O) groups excluding carboxylic acids is 2. The van der Waals surface area contributed by atoms with Gasteiger partial charge in [-0.05, 0) is 31.4 Å². The first kappa shape index (κ1) is 21.2. The molecule has 6 nitrogen and oxygen atoms in total. The number of benzene rings is 2. The van der Waals surface area contributed by atoms with Crippen LogP contribution in [-0.2, 0) is 20.8 Å². The van der Waals surface area contributed by atoms with Gasteiger partial charge in [-0.15, -0.1) is 0 Å². The molecule has 0 bridgehead atoms. The van der Waals surface area contributed by atoms with Gasteiger partial charge >= 0.3 is 5.97 Å². The van der Waals surface area contributed by atoms with Crippen molar-refractivity contribution >= 4 is 17.8 Å². The number of carboxylic acids is 1. The van der Waals surface area contributed by atoms with Gasteiger partial charge in [-0.1, -0.05) is 60.2 Å². The Labute approximate surface area is 165 Å². The van der Waals surface area contributed by atoms with Crippen molar-refractivity contribution < 1.29 is 19.5 Å². The first-order valence-electron chi connectivity index (χ1n) is 9.26. The van der Waals surface area contributed by atoms with E-state index in [4.69, 9.17) is 0 Å². The molecular formula is C22H26N2O4. The number of carboxylic acid groups (broad SMARTS) is 1. The van der Waals surface area contributed by atoms with Gasteiger partial charge in [-0.3, -0.25) is 14.4 Å². The minimum absolute atomic E-state index is 0.192. The molecule has 2 rings (SSSR count). The fourth-order valence-electron chi connectivity index (χ4n) is 2.80. The summed E-state index contributed by atoms with van der Waals surface area (Å²) in [6.45, 7) is 3.35. The highest BCUT2D eigenvalue weighted by Gasteiger charge is 2.26. The Kier molecular flexibility index (Phi) is 7.75. The maximum Gasteiger partial charge on any atom is 0.308 e. The van der Waals surface area contributed by atoms with E-state index in [1.165, 1.54) is 0 Å². The van der Waals surface area contributed by atoms with E-state index in [-0.39, 0.29) is 18.9 Å². The van der Waals surface area contributed by atoms with Gasteiger partial charge in [0, 0.05) is 6.42 Å². The summed E-state index contributed by atoms with van der Waals surface area (Å²) in [5.74, 6) is -2.45. The fraction of sp³-hybridized carbons (Fsp3) is 0.318. The summed E-state index contributed by atoms with van der Waals surface area (Å²) in [5, 5.41) is 14.6. The molecule has 2 unspecified atom stereocenters. The molecule has 2 aromatic rings. The Hall–Kier alpha value is -3.15. The summed E-state index contributed by atoms with van der Waals surface area (Å²) in [6.07, 6.45) is 0.875. The number of aryl methyl sites for hydroxylation is 2. The van der Waals surface area contributed by atoms with Crippen molar-refractivity contribution in [2.45, 2.75) is 32.7 Å². The van der Waals surface area contributed by atoms with Crippen molar-refractivity contribution in [1.29, 1.82) is 0 Å². The summed E-state index contributed by atoms with van der Waals surface area (Å²) < 4.78 is 0. The van der Waals surface area contributed by atoms with E-state index in [0.29, 0.717) is 12.0 Å². The lowest BCUT2D eigenvalue weighted by atomic mass is 9.94. The van der Waals surface area contributed by atoms with Crippen LogP contribution in [0.25, 0.3) is 0 Å². The quantitative estimate of drug-likeness (QED) is 0.621. The minimum atomic E-state index is -1.00. The van der Waals surface area contributed by atoms with Crippen LogP contribution in [0.5, 0.6) is 0 Å². The molecule has 0 aliphatic rings. The molecule has 0 saturated carbocycles. The molecule has 0 heterocycles. The van der Waals surface area contributed by atoms with Gasteiger partial charge < -0.3 is 15.7 Å². The molecule has 0 radical (unpaired) electrons. The van der Waals surface area contributed by atoms with E-state index < -0.39 is 23.8 Å². The minimum Gasteiger partial charge on any atom is -0.481 e. The predicted molar refractivity (Wildman–Crippen MR) is 107 cm³/mol. The number of aliphatic carboxylic acids is 1. The number of hydrogen-bond acceptors (Lipinski definition) is 3. The standard InChI is InChI=1S/C22H26N2O4/c1-15-8-10-17(11-9-15)12-13-19(25)23-14-20(26)24-21(16(2)22(27)28)18-6-4-3-5-7-18/h3-11,16,21H,12-14H2,1-2H3,(H,23,25)(H,24,26)(H,27,28). The van der Waals surface area contributed by atoms with E-state index >= 15 is 0 Å². The Morgan fingerprint density at radius 2 is 1.61 bits per heavy atom. The van der Waals surface area contributed by atoms with Crippen LogP contribution in [0.15, 0.2) is 54.6 Å². The third-order valence-electron chi connectivity index (χ3n) is 4.57. The Morgan fingerprint density at radius 1 is 0.964 bits per heavy atom. The van der Waals surface area contributed by atoms with Crippen molar-refractivity contribution in [3.8, 4) is 0 Å². The van der Waals surface area contributed by atoms with Crippen molar-refractivity contribution in [3.63, 3.8) is 0 Å². The molecule has 2 aromatic carbocycles. The summed E-state index contributed by atoms with van der Waals surface area (Å²) in [4.78, 5) is 35.6. The molecule has 0 spiro atoms. The maximum atomic E-state index is 12.3. The molecule has 0 aliphatic heterocycles. The van der Waals surface area contributed by atoms with Gasteiger partial charge in [0.05, 0.1) is 18.5 Å². The molecule has 3 N–H and O–H groups in total. The van der Waals surface area contributed by atoms with Gasteiger partial charge in [-0.2, -0.15) is 0 Å². The second-order valence-electron chi connectivity index (χ2n) is 6.85. The van der Waals surface area contributed by atoms with Gasteiger partial charge in [0.1, 0.15) is 0 Å². The van der Waals surface area contributed by atoms with Gasteiger partial charge in [-0.25, -0.2) is 0 Å². The van der Waals surface area contributed by atoms with Gasteiger partial charge in [0.2, 0.25) is 11.8 Å². The highest BCUT2D eigenvalue weighted by Crippen LogP contribution is 2.22. The van der Waals surface area contributed by atoms with Crippen LogP contribution in [-0.4, -0.2) is 29.4 Å². The SMILES string of the molecule is Cc1ccc(CCC(=O)NCC(=O)NC(c2ccccc2)C(C)C(=O)O)cc1. The van der Waals surface area contributed by atoms with Crippen molar-refractivity contribution in [2.24, 2.45) is 5.92 Å². The van der Waals surface area contributed by atoms with Crippen LogP contribution in [0.1, 0.15) is 36.1 Å². The first-order chi connectivity index (χ1) is 13.4. The van der Waals surface area contributed by atoms with Crippen LogP contribution in [0.2, 0.25) is 0 Å². The van der Waals surface area contributed by atoms with Crippen LogP contribution in [0, 0.1) is 12.8 Å². The maximum absolute atomic E-state index is 12.3. The van der Waals surface area contributed by atoms with Crippen LogP contribution >= 0.6 is 0 Å². The second-order valence-corrected chi connectivity index (χ2v) is 6.85. The van der Waals surface area contributed by atoms with E-state index in [9.17, 15) is 19.5 Å². The van der Waals surface area contributed by atoms with E-state index in [0.717, 1.165) is 11.1 Å². The number of nitrogens with one attached hydrogen (secondary N) is 2. The highest BCUT2D eigenvalue weighted by molar-refractivity contribution is 5.85. The summed E-state index contributed by atoms with van der Waals surface area (Å²) in [6, 6.07) is 16.2. The molecule has 148 valence electrons. The van der Waals surface area contributed by atoms with Crippen molar-refractivity contribution in [3.05, 3.63) is 71.3 Å². The fourth-order valence-corrected chi connectivity index (χ4v) is 2.80. The lowest BCUT2D eigenvalue weighted by Crippen LogP contribution is -2.41. The molecule has 0 aromatic heterocycles. The zero-order valence-corrected chi connectivity index (χ0v) is 16.1. The highest BCUT2D eigenvalue weighted by atomic mass is 16.4. The number of rotatable bonds is 9. The Bertz CT molecular complexity index is 803.